The van der Waals surface area contributed by atoms with E-state index in [1.807, 2.05) is 0 Å². The standard InChI is InChI=1S/C42H70N10O12/c1-23(2)19-30(38(59)48-29(42(63)64)10-6-8-18-44)51-39(60)31(20-24(3)4)50-37(58)28(15-16-35(55)56)47-41(62)33(22-34(46)54)52-40(61)32(21-25-11-13-26(53)14-12-25)49-36(57)27(45)9-5-7-17-43/h11-14,23-24,27-33,53H,5-10,15-22,43-45H2,1-4H3,(H2,46,54)(H,47,62)(H,48,59)(H,49,57)(H,50,58)(H,51,60)(H,52,61)(H,55,56)(H,63,64)/t27-,28-,29-,30-,31-,32-,33-/m0/s1. The summed E-state index contributed by atoms with van der Waals surface area (Å²) in [6.07, 6.45) is 0.434. The van der Waals surface area contributed by atoms with E-state index in [1.165, 1.54) is 24.3 Å². The van der Waals surface area contributed by atoms with E-state index in [0.717, 1.165) is 0 Å². The minimum atomic E-state index is -1.75. The molecular formula is C42H70N10O12. The molecule has 17 N–H and O–H groups in total. The van der Waals surface area contributed by atoms with Crippen molar-refractivity contribution in [3.05, 3.63) is 29.8 Å². The number of hydrogen-bond acceptors (Lipinski definition) is 13. The van der Waals surface area contributed by atoms with Crippen molar-refractivity contribution >= 4 is 53.3 Å². The Morgan fingerprint density at radius 1 is 0.547 bits per heavy atom. The van der Waals surface area contributed by atoms with E-state index in [2.05, 4.69) is 31.9 Å². The molecule has 1 aromatic rings. The number of nitrogens with one attached hydrogen (secondary N) is 6. The molecule has 0 aliphatic heterocycles. The van der Waals surface area contributed by atoms with Gasteiger partial charge < -0.3 is 70.2 Å². The molecule has 7 atom stereocenters. The molecule has 0 unspecified atom stereocenters. The minimum absolute atomic E-state index is 0.00913. The fourth-order valence-corrected chi connectivity index (χ4v) is 6.46. The van der Waals surface area contributed by atoms with Crippen molar-refractivity contribution in [3.63, 3.8) is 0 Å². The molecule has 1 aromatic carbocycles. The molecule has 22 heteroatoms. The van der Waals surface area contributed by atoms with Gasteiger partial charge in [-0.1, -0.05) is 46.2 Å². The summed E-state index contributed by atoms with van der Waals surface area (Å²) in [5.41, 5.74) is 23.0. The highest BCUT2D eigenvalue weighted by Gasteiger charge is 2.35. The zero-order valence-corrected chi connectivity index (χ0v) is 37.2. The van der Waals surface area contributed by atoms with Gasteiger partial charge in [-0.3, -0.25) is 38.4 Å². The molecule has 22 nitrogen and oxygen atoms in total. The van der Waals surface area contributed by atoms with Gasteiger partial charge >= 0.3 is 11.9 Å². The van der Waals surface area contributed by atoms with Crippen LogP contribution in [0.25, 0.3) is 0 Å². The van der Waals surface area contributed by atoms with Crippen molar-refractivity contribution in [2.45, 2.75) is 147 Å². The molecule has 64 heavy (non-hydrogen) atoms. The van der Waals surface area contributed by atoms with Crippen molar-refractivity contribution in [1.82, 2.24) is 31.9 Å². The van der Waals surface area contributed by atoms with Gasteiger partial charge in [0, 0.05) is 12.8 Å². The van der Waals surface area contributed by atoms with Crippen LogP contribution in [0, 0.1) is 11.8 Å². The lowest BCUT2D eigenvalue weighted by molar-refractivity contribution is -0.143. The molecule has 0 aliphatic rings. The molecule has 0 bridgehead atoms. The van der Waals surface area contributed by atoms with Crippen LogP contribution in [0.3, 0.4) is 0 Å². The maximum absolute atomic E-state index is 13.9. The van der Waals surface area contributed by atoms with Crippen molar-refractivity contribution < 1.29 is 58.5 Å². The van der Waals surface area contributed by atoms with Crippen LogP contribution in [-0.2, 0) is 49.6 Å². The minimum Gasteiger partial charge on any atom is -0.508 e. The molecule has 0 aromatic heterocycles. The van der Waals surface area contributed by atoms with Gasteiger partial charge in [-0.05, 0) is 94.0 Å². The van der Waals surface area contributed by atoms with Crippen LogP contribution < -0.4 is 54.8 Å². The number of phenolic OH excluding ortho intramolecular Hbond substituents is 1. The average molecular weight is 907 g/mol. The number of carboxylic acids is 2. The number of unbranched alkanes of at least 4 members (excludes halogenated alkanes) is 2. The number of benzene rings is 1. The van der Waals surface area contributed by atoms with Gasteiger partial charge in [-0.2, -0.15) is 0 Å². The maximum atomic E-state index is 13.9. The Kier molecular flexibility index (Phi) is 25.9. The highest BCUT2D eigenvalue weighted by atomic mass is 16.4. The summed E-state index contributed by atoms with van der Waals surface area (Å²) in [5.74, 6) is -9.50. The molecule has 0 saturated carbocycles. The average Bonchev–Trinajstić information content (AvgIpc) is 3.20. The van der Waals surface area contributed by atoms with E-state index < -0.39 is 115 Å². The van der Waals surface area contributed by atoms with Crippen LogP contribution in [0.1, 0.15) is 104 Å². The van der Waals surface area contributed by atoms with Gasteiger partial charge in [-0.15, -0.1) is 0 Å². The van der Waals surface area contributed by atoms with Crippen LogP contribution in [0.5, 0.6) is 5.75 Å². The summed E-state index contributed by atoms with van der Waals surface area (Å²) in [6.45, 7) is 7.77. The summed E-state index contributed by atoms with van der Waals surface area (Å²) in [7, 11) is 0. The van der Waals surface area contributed by atoms with E-state index in [1.54, 1.807) is 27.7 Å². The first kappa shape index (κ1) is 56.1. The third-order valence-corrected chi connectivity index (χ3v) is 9.87. The number of aromatic hydroxyl groups is 1. The Bertz CT molecular complexity index is 1710. The van der Waals surface area contributed by atoms with Crippen LogP contribution in [0.15, 0.2) is 24.3 Å². The highest BCUT2D eigenvalue weighted by Crippen LogP contribution is 2.14. The third kappa shape index (κ3) is 22.5. The molecule has 360 valence electrons. The van der Waals surface area contributed by atoms with E-state index >= 15 is 0 Å². The fourth-order valence-electron chi connectivity index (χ4n) is 6.46. The van der Waals surface area contributed by atoms with Crippen molar-refractivity contribution in [1.29, 1.82) is 0 Å². The van der Waals surface area contributed by atoms with Gasteiger partial charge in [0.25, 0.3) is 0 Å². The normalized spacial score (nSPS) is 14.5. The lowest BCUT2D eigenvalue weighted by atomic mass is 9.99. The molecule has 0 aliphatic carbocycles. The number of carboxylic acid groups (broad SMARTS) is 2. The van der Waals surface area contributed by atoms with Crippen LogP contribution in [0.4, 0.5) is 0 Å². The Morgan fingerprint density at radius 2 is 0.969 bits per heavy atom. The van der Waals surface area contributed by atoms with Crippen molar-refractivity contribution in [2.75, 3.05) is 13.1 Å². The molecular weight excluding hydrogens is 837 g/mol. The van der Waals surface area contributed by atoms with Crippen LogP contribution >= 0.6 is 0 Å². The van der Waals surface area contributed by atoms with Gasteiger partial charge in [-0.25, -0.2) is 4.79 Å². The van der Waals surface area contributed by atoms with E-state index in [-0.39, 0.29) is 49.7 Å². The number of carbonyl (C=O) groups is 9. The number of rotatable bonds is 32. The number of phenols is 1. The number of nitrogens with two attached hydrogens (primary N) is 4. The molecule has 0 heterocycles. The summed E-state index contributed by atoms with van der Waals surface area (Å²) in [5, 5.41) is 43.9. The quantitative estimate of drug-likeness (QED) is 0.0360. The number of amides is 7. The second-order valence-electron chi connectivity index (χ2n) is 16.6. The first-order chi connectivity index (χ1) is 30.1. The molecule has 0 saturated heterocycles. The predicted octanol–water partition coefficient (Wildman–Crippen LogP) is -1.65. The van der Waals surface area contributed by atoms with Crippen LogP contribution in [-0.4, -0.2) is 124 Å². The predicted molar refractivity (Wildman–Crippen MR) is 234 cm³/mol. The summed E-state index contributed by atoms with van der Waals surface area (Å²) >= 11 is 0. The van der Waals surface area contributed by atoms with Crippen molar-refractivity contribution in [2.24, 2.45) is 34.8 Å². The number of carbonyl (C=O) groups excluding carboxylic acids is 7. The lowest BCUT2D eigenvalue weighted by Crippen LogP contribution is -2.60. The lowest BCUT2D eigenvalue weighted by Gasteiger charge is -2.28. The Hall–Kier alpha value is -5.87. The SMILES string of the molecule is CC(C)C[C@H](NC(=O)[C@H](CC(C)C)NC(=O)[C@H](CCC(=O)O)NC(=O)[C@H](CC(N)=O)NC(=O)[C@H](Cc1ccc(O)cc1)NC(=O)[C@@H](N)CCCCN)C(=O)N[C@@H](CCCCN)C(=O)O. The molecule has 0 radical (unpaired) electrons. The zero-order chi connectivity index (χ0) is 48.5. The Labute approximate surface area is 373 Å². The largest absolute Gasteiger partial charge is 0.508 e. The number of primary amides is 1. The van der Waals surface area contributed by atoms with Gasteiger partial charge in [0.05, 0.1) is 12.5 Å². The topological polar surface area (TPSA) is 391 Å². The number of hydrogen-bond donors (Lipinski definition) is 13. The zero-order valence-electron chi connectivity index (χ0n) is 37.2. The van der Waals surface area contributed by atoms with E-state index in [4.69, 9.17) is 22.9 Å². The van der Waals surface area contributed by atoms with E-state index in [0.29, 0.717) is 44.3 Å². The van der Waals surface area contributed by atoms with Gasteiger partial charge in [0.2, 0.25) is 41.4 Å². The smallest absolute Gasteiger partial charge is 0.326 e. The highest BCUT2D eigenvalue weighted by molar-refractivity contribution is 5.98. The Morgan fingerprint density at radius 3 is 1.44 bits per heavy atom. The molecule has 0 fully saturated rings. The van der Waals surface area contributed by atoms with Gasteiger partial charge in [0.1, 0.15) is 42.0 Å². The summed E-state index contributed by atoms with van der Waals surface area (Å²) in [4.78, 5) is 118. The summed E-state index contributed by atoms with van der Waals surface area (Å²) in [6, 6.07) is -3.92. The number of aliphatic carboxylic acids is 2. The second kappa shape index (κ2) is 29.5. The second-order valence-corrected chi connectivity index (χ2v) is 16.6. The monoisotopic (exact) mass is 907 g/mol. The van der Waals surface area contributed by atoms with Crippen LogP contribution in [0.2, 0.25) is 0 Å². The molecule has 1 rings (SSSR count). The molecule has 7 amide bonds. The molecule has 0 spiro atoms. The third-order valence-electron chi connectivity index (χ3n) is 9.87. The first-order valence-electron chi connectivity index (χ1n) is 21.6. The first-order valence-corrected chi connectivity index (χ1v) is 21.6. The maximum Gasteiger partial charge on any atom is 0.326 e. The van der Waals surface area contributed by atoms with Crippen molar-refractivity contribution in [3.8, 4) is 5.75 Å². The summed E-state index contributed by atoms with van der Waals surface area (Å²) < 4.78 is 0. The van der Waals surface area contributed by atoms with E-state index in [9.17, 15) is 58.5 Å². The fraction of sp³-hybridized carbons (Fsp3) is 0.643. The Balaban J connectivity index is 3.43. The van der Waals surface area contributed by atoms with Gasteiger partial charge in [0.15, 0.2) is 0 Å².